The molecule has 94 valence electrons. The minimum Gasteiger partial charge on any atom is -0.327 e. The van der Waals surface area contributed by atoms with E-state index in [0.29, 0.717) is 6.42 Å². The molecule has 0 bridgehead atoms. The van der Waals surface area contributed by atoms with Gasteiger partial charge in [-0.05, 0) is 24.5 Å². The third kappa shape index (κ3) is 2.84. The van der Waals surface area contributed by atoms with Crippen molar-refractivity contribution in [2.75, 3.05) is 11.5 Å². The smallest absolute Gasteiger partial charge is 0.150 e. The van der Waals surface area contributed by atoms with Crippen molar-refractivity contribution in [3.8, 4) is 0 Å². The molecule has 1 aromatic heterocycles. The molecule has 0 spiro atoms. The van der Waals surface area contributed by atoms with Gasteiger partial charge in [-0.25, -0.2) is 8.42 Å². The van der Waals surface area contributed by atoms with Crippen LogP contribution in [0.3, 0.4) is 0 Å². The van der Waals surface area contributed by atoms with Gasteiger partial charge < -0.3 is 5.73 Å². The summed E-state index contributed by atoms with van der Waals surface area (Å²) in [5, 5.41) is 0. The second kappa shape index (κ2) is 4.74. The first-order valence-corrected chi connectivity index (χ1v) is 7.69. The largest absolute Gasteiger partial charge is 0.327 e. The second-order valence-corrected chi connectivity index (χ2v) is 7.01. The molecule has 1 fully saturated rings. The van der Waals surface area contributed by atoms with Crippen LogP contribution in [0.2, 0.25) is 0 Å². The van der Waals surface area contributed by atoms with Gasteiger partial charge in [-0.1, -0.05) is 13.0 Å². The highest BCUT2D eigenvalue weighted by atomic mass is 32.2. The van der Waals surface area contributed by atoms with Gasteiger partial charge >= 0.3 is 0 Å². The summed E-state index contributed by atoms with van der Waals surface area (Å²) in [6.45, 7) is 2.01. The van der Waals surface area contributed by atoms with Crippen LogP contribution in [0.5, 0.6) is 0 Å². The Morgan fingerprint density at radius 1 is 1.47 bits per heavy atom. The summed E-state index contributed by atoms with van der Waals surface area (Å²) in [5.41, 5.74) is 7.11. The van der Waals surface area contributed by atoms with Gasteiger partial charge in [0.05, 0.1) is 11.5 Å². The van der Waals surface area contributed by atoms with Crippen LogP contribution in [0.1, 0.15) is 25.0 Å². The summed E-state index contributed by atoms with van der Waals surface area (Å²) >= 11 is 0. The SMILES string of the molecule is CC(c1ccccn1)C(N)C1CCS(=O)(=O)C1. The molecule has 3 unspecified atom stereocenters. The maximum absolute atomic E-state index is 11.4. The van der Waals surface area contributed by atoms with Gasteiger partial charge in [0.2, 0.25) is 0 Å². The molecule has 1 aliphatic heterocycles. The lowest BCUT2D eigenvalue weighted by Gasteiger charge is -2.24. The first-order chi connectivity index (χ1) is 7.99. The lowest BCUT2D eigenvalue weighted by atomic mass is 9.87. The summed E-state index contributed by atoms with van der Waals surface area (Å²) < 4.78 is 22.9. The Balaban J connectivity index is 2.08. The molecule has 0 amide bonds. The van der Waals surface area contributed by atoms with Gasteiger partial charge in [0.15, 0.2) is 9.84 Å². The summed E-state index contributed by atoms with van der Waals surface area (Å²) in [4.78, 5) is 4.28. The standard InChI is InChI=1S/C12H18N2O2S/c1-9(11-4-2-3-6-14-11)12(13)10-5-7-17(15,16)8-10/h2-4,6,9-10,12H,5,7-8,13H2,1H3. The normalized spacial score (nSPS) is 26.6. The monoisotopic (exact) mass is 254 g/mol. The molecule has 2 heterocycles. The number of hydrogen-bond acceptors (Lipinski definition) is 4. The molecule has 0 aliphatic carbocycles. The van der Waals surface area contributed by atoms with E-state index in [2.05, 4.69) is 4.98 Å². The molecule has 5 heteroatoms. The Bertz CT molecular complexity index is 473. The summed E-state index contributed by atoms with van der Waals surface area (Å²) in [6.07, 6.45) is 2.42. The van der Waals surface area contributed by atoms with Gasteiger partial charge in [-0.3, -0.25) is 4.98 Å². The number of pyridine rings is 1. The van der Waals surface area contributed by atoms with Gasteiger partial charge in [0.1, 0.15) is 0 Å². The van der Waals surface area contributed by atoms with Crippen molar-refractivity contribution < 1.29 is 8.42 Å². The highest BCUT2D eigenvalue weighted by Crippen LogP contribution is 2.28. The van der Waals surface area contributed by atoms with Crippen molar-refractivity contribution >= 4 is 9.84 Å². The molecular weight excluding hydrogens is 236 g/mol. The summed E-state index contributed by atoms with van der Waals surface area (Å²) in [5.74, 6) is 0.664. The van der Waals surface area contributed by atoms with E-state index >= 15 is 0 Å². The predicted molar refractivity (Wildman–Crippen MR) is 67.4 cm³/mol. The molecule has 1 aromatic rings. The lowest BCUT2D eigenvalue weighted by Crippen LogP contribution is -2.36. The fourth-order valence-corrected chi connectivity index (χ4v) is 4.25. The van der Waals surface area contributed by atoms with Crippen molar-refractivity contribution in [3.63, 3.8) is 0 Å². The molecule has 1 saturated heterocycles. The zero-order chi connectivity index (χ0) is 12.5. The molecule has 0 aromatic carbocycles. The zero-order valence-electron chi connectivity index (χ0n) is 9.91. The number of nitrogens with zero attached hydrogens (tertiary/aromatic N) is 1. The number of sulfone groups is 1. The maximum Gasteiger partial charge on any atom is 0.150 e. The fourth-order valence-electron chi connectivity index (χ4n) is 2.38. The van der Waals surface area contributed by atoms with Crippen LogP contribution < -0.4 is 5.73 Å². The predicted octanol–water partition coefficient (Wildman–Crippen LogP) is 0.947. The third-order valence-corrected chi connectivity index (χ3v) is 5.34. The van der Waals surface area contributed by atoms with Crippen LogP contribution in [-0.2, 0) is 9.84 Å². The van der Waals surface area contributed by atoms with Crippen LogP contribution in [0.4, 0.5) is 0 Å². The van der Waals surface area contributed by atoms with Crippen LogP contribution in [0.15, 0.2) is 24.4 Å². The quantitative estimate of drug-likeness (QED) is 0.871. The number of aromatic nitrogens is 1. The van der Waals surface area contributed by atoms with Crippen LogP contribution in [0.25, 0.3) is 0 Å². The van der Waals surface area contributed by atoms with E-state index < -0.39 is 9.84 Å². The van der Waals surface area contributed by atoms with E-state index in [1.807, 2.05) is 25.1 Å². The fraction of sp³-hybridized carbons (Fsp3) is 0.583. The van der Waals surface area contributed by atoms with E-state index in [1.165, 1.54) is 0 Å². The molecule has 17 heavy (non-hydrogen) atoms. The van der Waals surface area contributed by atoms with E-state index in [0.717, 1.165) is 5.69 Å². The Hall–Kier alpha value is -0.940. The van der Waals surface area contributed by atoms with Gasteiger partial charge in [0, 0.05) is 23.9 Å². The minimum atomic E-state index is -2.86. The highest BCUT2D eigenvalue weighted by Gasteiger charge is 2.34. The van der Waals surface area contributed by atoms with Crippen molar-refractivity contribution in [1.29, 1.82) is 0 Å². The minimum absolute atomic E-state index is 0.0667. The molecule has 0 radical (unpaired) electrons. The Morgan fingerprint density at radius 2 is 2.24 bits per heavy atom. The van der Waals surface area contributed by atoms with Crippen LogP contribution in [0, 0.1) is 5.92 Å². The van der Waals surface area contributed by atoms with Crippen molar-refractivity contribution in [3.05, 3.63) is 30.1 Å². The third-order valence-electron chi connectivity index (χ3n) is 3.54. The molecule has 4 nitrogen and oxygen atoms in total. The maximum atomic E-state index is 11.4. The van der Waals surface area contributed by atoms with E-state index in [-0.39, 0.29) is 29.4 Å². The van der Waals surface area contributed by atoms with E-state index in [4.69, 9.17) is 5.73 Å². The van der Waals surface area contributed by atoms with E-state index in [1.54, 1.807) is 6.20 Å². The Labute approximate surface area is 102 Å². The second-order valence-electron chi connectivity index (χ2n) is 4.78. The molecule has 2 rings (SSSR count). The first kappa shape index (κ1) is 12.5. The number of hydrogen-bond donors (Lipinski definition) is 1. The first-order valence-electron chi connectivity index (χ1n) is 5.86. The van der Waals surface area contributed by atoms with Crippen molar-refractivity contribution in [1.82, 2.24) is 4.98 Å². The Kier molecular flexibility index (Phi) is 3.49. The zero-order valence-corrected chi connectivity index (χ0v) is 10.7. The van der Waals surface area contributed by atoms with E-state index in [9.17, 15) is 8.42 Å². The average molecular weight is 254 g/mol. The van der Waals surface area contributed by atoms with Crippen LogP contribution >= 0.6 is 0 Å². The molecule has 2 N–H and O–H groups in total. The number of rotatable bonds is 3. The van der Waals surface area contributed by atoms with Crippen molar-refractivity contribution in [2.24, 2.45) is 11.7 Å². The molecular formula is C12H18N2O2S. The van der Waals surface area contributed by atoms with Gasteiger partial charge in [-0.15, -0.1) is 0 Å². The lowest BCUT2D eigenvalue weighted by molar-refractivity contribution is 0.408. The van der Waals surface area contributed by atoms with Crippen LogP contribution in [-0.4, -0.2) is 30.9 Å². The average Bonchev–Trinajstić information content (AvgIpc) is 2.69. The number of nitrogens with two attached hydrogens (primary N) is 1. The summed E-state index contributed by atoms with van der Waals surface area (Å²) in [7, 11) is -2.86. The van der Waals surface area contributed by atoms with Crippen molar-refractivity contribution in [2.45, 2.75) is 25.3 Å². The molecule has 3 atom stereocenters. The summed E-state index contributed by atoms with van der Waals surface area (Å²) in [6, 6.07) is 5.59. The molecule has 1 aliphatic rings. The van der Waals surface area contributed by atoms with Gasteiger partial charge in [-0.2, -0.15) is 0 Å². The Morgan fingerprint density at radius 3 is 2.76 bits per heavy atom. The van der Waals surface area contributed by atoms with Gasteiger partial charge in [0.25, 0.3) is 0 Å². The topological polar surface area (TPSA) is 73.0 Å². The molecule has 0 saturated carbocycles. The highest BCUT2D eigenvalue weighted by molar-refractivity contribution is 7.91.